The summed E-state index contributed by atoms with van der Waals surface area (Å²) in [5, 5.41) is 9.02. The normalized spacial score (nSPS) is 11.0. The number of carbonyl (C=O) groups is 2. The van der Waals surface area contributed by atoms with Crippen LogP contribution in [0.1, 0.15) is 77.8 Å². The molecule has 224 valence electrons. The summed E-state index contributed by atoms with van der Waals surface area (Å²) in [6.07, 6.45) is 11.2. The summed E-state index contributed by atoms with van der Waals surface area (Å²) in [7, 11) is 3.06. The van der Waals surface area contributed by atoms with Crippen molar-refractivity contribution in [3.63, 3.8) is 0 Å². The Hall–Kier alpha value is -3.78. The number of aliphatic carboxylic acids is 1. The van der Waals surface area contributed by atoms with Gasteiger partial charge in [-0.05, 0) is 72.9 Å². The zero-order chi connectivity index (χ0) is 30.0. The lowest BCUT2D eigenvalue weighted by Crippen LogP contribution is -2.02. The fraction of sp³-hybridized carbons (Fsp3) is 0.382. The number of carbonyl (C=O) groups excluding carboxylic acids is 1. The van der Waals surface area contributed by atoms with Crippen LogP contribution >= 0.6 is 11.8 Å². The maximum atomic E-state index is 11.6. The van der Waals surface area contributed by atoms with E-state index < -0.39 is 5.97 Å². The largest absolute Gasteiger partial charge is 0.497 e. The smallest absolute Gasteiger partial charge is 0.337 e. The molecule has 2 aromatic carbocycles. The molecular weight excluding hydrogens is 550 g/mol. The number of hydrogen-bond acceptors (Lipinski definition) is 7. The average Bonchev–Trinajstić information content (AvgIpc) is 3.01. The maximum Gasteiger partial charge on any atom is 0.337 e. The lowest BCUT2D eigenvalue weighted by molar-refractivity contribution is -0.135. The van der Waals surface area contributed by atoms with Gasteiger partial charge in [0.05, 0.1) is 38.5 Å². The summed E-state index contributed by atoms with van der Waals surface area (Å²) >= 11 is 1.71. The number of aromatic nitrogens is 1. The van der Waals surface area contributed by atoms with Crippen LogP contribution in [0.3, 0.4) is 0 Å². The Kier molecular flexibility index (Phi) is 14.5. The summed E-state index contributed by atoms with van der Waals surface area (Å²) in [6, 6.07) is 19.6. The lowest BCUT2D eigenvalue weighted by atomic mass is 10.0. The number of methoxy groups -OCH3 is 2. The highest BCUT2D eigenvalue weighted by atomic mass is 32.2. The topological polar surface area (TPSA) is 95.0 Å². The average molecular weight is 592 g/mol. The van der Waals surface area contributed by atoms with E-state index in [1.165, 1.54) is 38.4 Å². The van der Waals surface area contributed by atoms with E-state index in [-0.39, 0.29) is 12.4 Å². The zero-order valence-electron chi connectivity index (χ0n) is 24.6. The van der Waals surface area contributed by atoms with Crippen LogP contribution in [0.5, 0.6) is 11.5 Å². The van der Waals surface area contributed by atoms with Gasteiger partial charge in [0.2, 0.25) is 0 Å². The Labute approximate surface area is 253 Å². The number of nitrogens with zero attached hydrogens (tertiary/aromatic N) is 1. The SMILES string of the molecule is COC(=O)c1ccc(CSCc2ccc(OCCCCCCCCc3ccc(OC)cc3)c(C=CCC(=O)O)n2)cc1. The Balaban J connectivity index is 1.40. The van der Waals surface area contributed by atoms with Crippen molar-refractivity contribution >= 4 is 29.8 Å². The molecule has 3 aromatic rings. The van der Waals surface area contributed by atoms with Crippen molar-refractivity contribution in [2.75, 3.05) is 20.8 Å². The predicted octanol–water partition coefficient (Wildman–Crippen LogP) is 7.76. The number of benzene rings is 2. The van der Waals surface area contributed by atoms with Crippen LogP contribution in [0.25, 0.3) is 6.08 Å². The van der Waals surface area contributed by atoms with Crippen LogP contribution in [-0.2, 0) is 27.5 Å². The van der Waals surface area contributed by atoms with Gasteiger partial charge in [0, 0.05) is 11.5 Å². The highest BCUT2D eigenvalue weighted by Gasteiger charge is 2.08. The Morgan fingerprint density at radius 1 is 0.833 bits per heavy atom. The van der Waals surface area contributed by atoms with Crippen molar-refractivity contribution in [3.05, 3.63) is 94.8 Å². The molecule has 0 unspecified atom stereocenters. The van der Waals surface area contributed by atoms with Gasteiger partial charge in [-0.2, -0.15) is 11.8 Å². The molecule has 42 heavy (non-hydrogen) atoms. The first-order valence-electron chi connectivity index (χ1n) is 14.4. The van der Waals surface area contributed by atoms with Crippen molar-refractivity contribution in [3.8, 4) is 11.5 Å². The standard InChI is InChI=1S/C34H41NO6S/c1-39-30-20-15-26(16-21-30)10-7-5-3-4-6-8-23-41-32-22-19-29(35-31(32)11-9-12-33(36)37)25-42-24-27-13-17-28(18-14-27)34(38)40-2/h9,11,13-22H,3-8,10,12,23-25H2,1-2H3,(H,36,37). The summed E-state index contributed by atoms with van der Waals surface area (Å²) < 4.78 is 16.0. The van der Waals surface area contributed by atoms with E-state index in [1.807, 2.05) is 36.4 Å². The minimum Gasteiger partial charge on any atom is -0.497 e. The highest BCUT2D eigenvalue weighted by Crippen LogP contribution is 2.24. The molecule has 1 N–H and O–H groups in total. The zero-order valence-corrected chi connectivity index (χ0v) is 25.4. The number of unbranched alkanes of at least 4 members (excludes halogenated alkanes) is 5. The van der Waals surface area contributed by atoms with Gasteiger partial charge in [0.15, 0.2) is 0 Å². The minimum absolute atomic E-state index is 0.0693. The van der Waals surface area contributed by atoms with E-state index in [1.54, 1.807) is 43.2 Å². The first-order chi connectivity index (χ1) is 20.5. The van der Waals surface area contributed by atoms with Crippen molar-refractivity contribution in [2.45, 2.75) is 62.9 Å². The van der Waals surface area contributed by atoms with Crippen LogP contribution in [0.2, 0.25) is 0 Å². The molecule has 0 aliphatic rings. The van der Waals surface area contributed by atoms with Gasteiger partial charge in [-0.15, -0.1) is 0 Å². The van der Waals surface area contributed by atoms with Gasteiger partial charge in [-0.3, -0.25) is 4.79 Å². The van der Waals surface area contributed by atoms with Gasteiger partial charge in [0.1, 0.15) is 17.2 Å². The second-order valence-electron chi connectivity index (χ2n) is 9.94. The molecule has 0 spiro atoms. The third kappa shape index (κ3) is 12.0. The summed E-state index contributed by atoms with van der Waals surface area (Å²) in [5.74, 6) is 1.80. The number of hydrogen-bond donors (Lipinski definition) is 1. The monoisotopic (exact) mass is 591 g/mol. The van der Waals surface area contributed by atoms with Gasteiger partial charge >= 0.3 is 11.9 Å². The number of pyridine rings is 1. The van der Waals surface area contributed by atoms with E-state index in [0.717, 1.165) is 42.0 Å². The number of esters is 1. The third-order valence-electron chi connectivity index (χ3n) is 6.68. The molecule has 3 rings (SSSR count). The van der Waals surface area contributed by atoms with Crippen molar-refractivity contribution in [2.24, 2.45) is 0 Å². The Morgan fingerprint density at radius 3 is 2.21 bits per heavy atom. The second-order valence-corrected chi connectivity index (χ2v) is 10.9. The first kappa shape index (κ1) is 32.7. The molecule has 8 heteroatoms. The van der Waals surface area contributed by atoms with E-state index >= 15 is 0 Å². The predicted molar refractivity (Wildman–Crippen MR) is 168 cm³/mol. The van der Waals surface area contributed by atoms with E-state index in [9.17, 15) is 9.59 Å². The molecule has 0 saturated carbocycles. The quantitative estimate of drug-likeness (QED) is 0.112. The van der Waals surface area contributed by atoms with Crippen molar-refractivity contribution < 1.29 is 28.9 Å². The molecule has 0 bridgehead atoms. The lowest BCUT2D eigenvalue weighted by Gasteiger charge is -2.11. The Morgan fingerprint density at radius 2 is 1.52 bits per heavy atom. The van der Waals surface area contributed by atoms with Crippen molar-refractivity contribution in [1.82, 2.24) is 4.98 Å². The van der Waals surface area contributed by atoms with Crippen LogP contribution < -0.4 is 9.47 Å². The number of aryl methyl sites for hydroxylation is 1. The molecule has 0 aliphatic heterocycles. The van der Waals surface area contributed by atoms with E-state index in [2.05, 4.69) is 12.1 Å². The van der Waals surface area contributed by atoms with Gasteiger partial charge < -0.3 is 19.3 Å². The molecule has 1 heterocycles. The van der Waals surface area contributed by atoms with Crippen LogP contribution in [0.15, 0.2) is 66.7 Å². The highest BCUT2D eigenvalue weighted by molar-refractivity contribution is 7.97. The number of carboxylic acids is 1. The van der Waals surface area contributed by atoms with Crippen molar-refractivity contribution in [1.29, 1.82) is 0 Å². The van der Waals surface area contributed by atoms with Gasteiger partial charge in [-0.1, -0.05) is 56.0 Å². The number of ether oxygens (including phenoxy) is 3. The molecule has 0 aliphatic carbocycles. The Bertz CT molecular complexity index is 1270. The molecule has 0 fully saturated rings. The number of rotatable bonds is 19. The van der Waals surface area contributed by atoms with E-state index in [0.29, 0.717) is 29.4 Å². The molecule has 0 amide bonds. The molecule has 0 saturated heterocycles. The molecule has 0 radical (unpaired) electrons. The number of thioether (sulfide) groups is 1. The fourth-order valence-corrected chi connectivity index (χ4v) is 5.24. The summed E-state index contributed by atoms with van der Waals surface area (Å²) in [5.41, 5.74) is 4.52. The maximum absolute atomic E-state index is 11.6. The summed E-state index contributed by atoms with van der Waals surface area (Å²) in [4.78, 5) is 27.3. The fourth-order valence-electron chi connectivity index (χ4n) is 4.34. The third-order valence-corrected chi connectivity index (χ3v) is 7.72. The molecule has 1 aromatic heterocycles. The van der Waals surface area contributed by atoms with Gasteiger partial charge in [0.25, 0.3) is 0 Å². The van der Waals surface area contributed by atoms with Crippen LogP contribution in [0, 0.1) is 0 Å². The second kappa shape index (κ2) is 18.6. The van der Waals surface area contributed by atoms with E-state index in [4.69, 9.17) is 24.3 Å². The van der Waals surface area contributed by atoms with Crippen LogP contribution in [0.4, 0.5) is 0 Å². The van der Waals surface area contributed by atoms with Gasteiger partial charge in [-0.25, -0.2) is 9.78 Å². The molecular formula is C34H41NO6S. The minimum atomic E-state index is -0.886. The molecule has 7 nitrogen and oxygen atoms in total. The summed E-state index contributed by atoms with van der Waals surface area (Å²) in [6.45, 7) is 0.600. The number of carboxylic acid groups (broad SMARTS) is 1. The molecule has 0 atom stereocenters. The first-order valence-corrected chi connectivity index (χ1v) is 15.5. The van der Waals surface area contributed by atoms with Crippen LogP contribution in [-0.4, -0.2) is 42.9 Å².